The molecule has 0 bridgehead atoms. The van der Waals surface area contributed by atoms with Crippen molar-refractivity contribution in [1.29, 1.82) is 0 Å². The van der Waals surface area contributed by atoms with E-state index < -0.39 is 26.7 Å². The zero-order valence-electron chi connectivity index (χ0n) is 17.0. The number of hydrogen-bond donors (Lipinski definition) is 3. The molecule has 3 rings (SSSR count). The molecule has 1 fully saturated rings. The highest BCUT2D eigenvalue weighted by atomic mass is 32.2. The van der Waals surface area contributed by atoms with E-state index in [1.165, 1.54) is 7.11 Å². The van der Waals surface area contributed by atoms with E-state index in [2.05, 4.69) is 10.6 Å². The highest BCUT2D eigenvalue weighted by Crippen LogP contribution is 2.40. The predicted octanol–water partition coefficient (Wildman–Crippen LogP) is 1.72. The number of hydroxylamine groups is 1. The molecule has 0 aliphatic carbocycles. The maximum atomic E-state index is 13.2. The third-order valence-electron chi connectivity index (χ3n) is 5.63. The molecule has 1 aliphatic rings. The third-order valence-corrected chi connectivity index (χ3v) is 7.53. The van der Waals surface area contributed by atoms with Crippen molar-refractivity contribution in [2.75, 3.05) is 27.2 Å². The smallest absolute Gasteiger partial charge is 0.257 e. The molecule has 1 atom stereocenters. The van der Waals surface area contributed by atoms with E-state index in [9.17, 15) is 18.4 Å². The number of benzene rings is 2. The van der Waals surface area contributed by atoms with Crippen LogP contribution in [0.5, 0.6) is 5.75 Å². The summed E-state index contributed by atoms with van der Waals surface area (Å²) in [6, 6.07) is 15.9. The molecule has 8 nitrogen and oxygen atoms in total. The molecule has 0 aromatic heterocycles. The van der Waals surface area contributed by atoms with Crippen molar-refractivity contribution in [3.8, 4) is 5.75 Å². The normalized spacial score (nSPS) is 17.3. The average Bonchev–Trinajstić information content (AvgIpc) is 2.78. The van der Waals surface area contributed by atoms with Crippen molar-refractivity contribution in [3.63, 3.8) is 0 Å². The van der Waals surface area contributed by atoms with Crippen molar-refractivity contribution in [2.24, 2.45) is 0 Å². The van der Waals surface area contributed by atoms with Crippen LogP contribution in [0.3, 0.4) is 0 Å². The molecule has 1 amide bonds. The fraction of sp³-hybridized carbons (Fsp3) is 0.381. The van der Waals surface area contributed by atoms with Gasteiger partial charge < -0.3 is 15.4 Å². The summed E-state index contributed by atoms with van der Waals surface area (Å²) in [5.41, 5.74) is 0.0974. The number of nitrogens with zero attached hydrogens (tertiary/aromatic N) is 1. The van der Waals surface area contributed by atoms with Crippen LogP contribution < -0.4 is 15.4 Å². The van der Waals surface area contributed by atoms with Crippen LogP contribution in [0.15, 0.2) is 54.6 Å². The summed E-state index contributed by atoms with van der Waals surface area (Å²) in [5, 5.41) is 14.6. The lowest BCUT2D eigenvalue weighted by Crippen LogP contribution is -2.60. The number of methoxy groups -OCH3 is 1. The first-order valence-electron chi connectivity index (χ1n) is 9.69. The Morgan fingerprint density at radius 1 is 1.13 bits per heavy atom. The van der Waals surface area contributed by atoms with Crippen LogP contribution >= 0.6 is 0 Å². The minimum atomic E-state index is -4.28. The second-order valence-electron chi connectivity index (χ2n) is 7.31. The Kier molecular flexibility index (Phi) is 6.77. The number of hydrogen-bond acceptors (Lipinski definition) is 6. The van der Waals surface area contributed by atoms with Crippen molar-refractivity contribution in [1.82, 2.24) is 15.1 Å². The van der Waals surface area contributed by atoms with Gasteiger partial charge >= 0.3 is 0 Å². The number of nitrogens with one attached hydrogen (secondary N) is 2. The minimum absolute atomic E-state index is 0.187. The van der Waals surface area contributed by atoms with E-state index in [-0.39, 0.29) is 10.0 Å². The van der Waals surface area contributed by atoms with Gasteiger partial charge in [0.25, 0.3) is 15.9 Å². The summed E-state index contributed by atoms with van der Waals surface area (Å²) in [6.45, 7) is 1.17. The van der Waals surface area contributed by atoms with Crippen LogP contribution in [-0.2, 0) is 15.4 Å². The largest absolute Gasteiger partial charge is 0.496 e. The lowest BCUT2D eigenvalue weighted by Gasteiger charge is -2.44. The molecule has 1 saturated heterocycles. The Balaban J connectivity index is 2.11. The lowest BCUT2D eigenvalue weighted by molar-refractivity contribution is 0.0268. The molecule has 0 spiro atoms. The Labute approximate surface area is 176 Å². The number of carbonyl (C=O) groups excluding carboxylic acids is 1. The van der Waals surface area contributed by atoms with Gasteiger partial charge in [-0.1, -0.05) is 46.9 Å². The fourth-order valence-electron chi connectivity index (χ4n) is 4.02. The Hall–Kier alpha value is -2.46. The van der Waals surface area contributed by atoms with Crippen LogP contribution in [0.1, 0.15) is 28.8 Å². The molecule has 1 heterocycles. The van der Waals surface area contributed by atoms with Crippen LogP contribution in [-0.4, -0.2) is 56.6 Å². The molecule has 9 heteroatoms. The van der Waals surface area contributed by atoms with Gasteiger partial charge in [-0.3, -0.25) is 10.0 Å². The number of para-hydroxylation sites is 1. The molecular formula is C21H27N3O5S. The Morgan fingerprint density at radius 2 is 1.73 bits per heavy atom. The summed E-state index contributed by atoms with van der Waals surface area (Å²) in [5.74, 6) is -0.251. The summed E-state index contributed by atoms with van der Waals surface area (Å²) in [7, 11) is -1.78. The van der Waals surface area contributed by atoms with Crippen LogP contribution in [0, 0.1) is 0 Å². The monoisotopic (exact) mass is 433 g/mol. The van der Waals surface area contributed by atoms with Gasteiger partial charge in [-0.2, -0.15) is 0 Å². The SMILES string of the molecule is COc1ccccc1C(=O)NC(C1(c2ccccc2)CCNCC1)S(=O)(=O)N(C)O. The number of amides is 1. The van der Waals surface area contributed by atoms with Gasteiger partial charge in [0.2, 0.25) is 0 Å². The summed E-state index contributed by atoms with van der Waals surface area (Å²) >= 11 is 0. The quantitative estimate of drug-likeness (QED) is 0.574. The number of piperidine rings is 1. The Bertz CT molecular complexity index is 973. The van der Waals surface area contributed by atoms with Crippen LogP contribution in [0.4, 0.5) is 0 Å². The van der Waals surface area contributed by atoms with Gasteiger partial charge in [-0.25, -0.2) is 8.42 Å². The van der Waals surface area contributed by atoms with E-state index >= 15 is 0 Å². The van der Waals surface area contributed by atoms with E-state index in [4.69, 9.17) is 4.74 Å². The zero-order valence-corrected chi connectivity index (χ0v) is 17.9. The highest BCUT2D eigenvalue weighted by Gasteiger charge is 2.50. The van der Waals surface area contributed by atoms with Gasteiger partial charge in [0.05, 0.1) is 12.7 Å². The number of ether oxygens (including phenoxy) is 1. The van der Waals surface area contributed by atoms with E-state index in [1.807, 2.05) is 30.3 Å². The average molecular weight is 434 g/mol. The molecule has 0 saturated carbocycles. The summed E-state index contributed by atoms with van der Waals surface area (Å²) in [6.07, 6.45) is 0.946. The van der Waals surface area contributed by atoms with Gasteiger partial charge in [-0.15, -0.1) is 0 Å². The molecule has 162 valence electrons. The van der Waals surface area contributed by atoms with Gasteiger partial charge in [0.1, 0.15) is 5.75 Å². The fourth-order valence-corrected chi connectivity index (χ4v) is 5.53. The molecule has 0 radical (unpaired) electrons. The number of carbonyl (C=O) groups is 1. The maximum absolute atomic E-state index is 13.2. The van der Waals surface area contributed by atoms with Crippen molar-refractivity contribution >= 4 is 15.9 Å². The second-order valence-corrected chi connectivity index (χ2v) is 9.33. The number of sulfonamides is 1. The third kappa shape index (κ3) is 4.20. The first kappa shape index (κ1) is 22.2. The van der Waals surface area contributed by atoms with Gasteiger partial charge in [0, 0.05) is 12.5 Å². The molecule has 1 aliphatic heterocycles. The van der Waals surface area contributed by atoms with E-state index in [1.54, 1.807) is 24.3 Å². The highest BCUT2D eigenvalue weighted by molar-refractivity contribution is 7.89. The van der Waals surface area contributed by atoms with Crippen molar-refractivity contribution in [2.45, 2.75) is 23.6 Å². The lowest BCUT2D eigenvalue weighted by atomic mass is 9.72. The summed E-state index contributed by atoms with van der Waals surface area (Å²) < 4.78 is 31.9. The first-order chi connectivity index (χ1) is 14.3. The van der Waals surface area contributed by atoms with Crippen molar-refractivity contribution < 1.29 is 23.2 Å². The topological polar surface area (TPSA) is 108 Å². The molecular weight excluding hydrogens is 406 g/mol. The van der Waals surface area contributed by atoms with Gasteiger partial charge in [-0.05, 0) is 43.6 Å². The second kappa shape index (κ2) is 9.13. The first-order valence-corrected chi connectivity index (χ1v) is 11.2. The minimum Gasteiger partial charge on any atom is -0.496 e. The molecule has 1 unspecified atom stereocenters. The summed E-state index contributed by atoms with van der Waals surface area (Å²) in [4.78, 5) is 13.1. The predicted molar refractivity (Wildman–Crippen MR) is 113 cm³/mol. The number of rotatable bonds is 7. The van der Waals surface area contributed by atoms with Gasteiger partial charge in [0.15, 0.2) is 5.37 Å². The van der Waals surface area contributed by atoms with E-state index in [0.717, 1.165) is 12.6 Å². The standard InChI is InChI=1S/C21H27N3O5S/c1-24(26)30(27,28)20(23-19(25)17-10-6-7-11-18(17)29-2)21(12-14-22-15-13-21)16-8-4-3-5-9-16/h3-11,20,22,26H,12-15H2,1-2H3,(H,23,25). The van der Waals surface area contributed by atoms with Crippen LogP contribution in [0.25, 0.3) is 0 Å². The Morgan fingerprint density at radius 3 is 2.33 bits per heavy atom. The molecule has 2 aromatic carbocycles. The molecule has 2 aromatic rings. The van der Waals surface area contributed by atoms with Crippen LogP contribution in [0.2, 0.25) is 0 Å². The maximum Gasteiger partial charge on any atom is 0.257 e. The van der Waals surface area contributed by atoms with Crippen molar-refractivity contribution in [3.05, 3.63) is 65.7 Å². The molecule has 30 heavy (non-hydrogen) atoms. The van der Waals surface area contributed by atoms with E-state index in [0.29, 0.717) is 31.7 Å². The zero-order chi connectivity index (χ0) is 21.8. The molecule has 3 N–H and O–H groups in total.